The van der Waals surface area contributed by atoms with E-state index in [0.29, 0.717) is 16.5 Å². The van der Waals surface area contributed by atoms with Crippen molar-refractivity contribution in [2.75, 3.05) is 0 Å². The van der Waals surface area contributed by atoms with E-state index in [1.807, 2.05) is 13.8 Å². The van der Waals surface area contributed by atoms with E-state index in [0.717, 1.165) is 25.7 Å². The Balaban J connectivity index is 2.03. The summed E-state index contributed by atoms with van der Waals surface area (Å²) in [7, 11) is 0. The highest BCUT2D eigenvalue weighted by atomic mass is 35.5. The topological polar surface area (TPSA) is 71.5 Å². The largest absolute Gasteiger partial charge is 0.474 e. The van der Waals surface area contributed by atoms with Crippen LogP contribution in [0.5, 0.6) is 5.88 Å². The molecule has 1 aromatic rings. The molecular formula is C15H21ClN2O3. The van der Waals surface area contributed by atoms with Crippen LogP contribution in [0.4, 0.5) is 0 Å². The first-order chi connectivity index (χ1) is 9.97. The number of halogens is 1. The summed E-state index contributed by atoms with van der Waals surface area (Å²) >= 11 is 6.07. The molecule has 1 aromatic heterocycles. The van der Waals surface area contributed by atoms with Crippen molar-refractivity contribution in [3.63, 3.8) is 0 Å². The monoisotopic (exact) mass is 312 g/mol. The first-order valence-corrected chi connectivity index (χ1v) is 7.66. The lowest BCUT2D eigenvalue weighted by molar-refractivity contribution is 0.0717. The minimum absolute atomic E-state index is 0.0351. The number of amides is 1. The summed E-state index contributed by atoms with van der Waals surface area (Å²) in [6, 6.07) is 1.34. The third kappa shape index (κ3) is 4.32. The Kier molecular flexibility index (Phi) is 5.42. The molecule has 1 saturated carbocycles. The van der Waals surface area contributed by atoms with Gasteiger partial charge in [-0.1, -0.05) is 24.4 Å². The molecule has 2 unspecified atom stereocenters. The summed E-state index contributed by atoms with van der Waals surface area (Å²) < 4.78 is 5.43. The third-order valence-electron chi connectivity index (χ3n) is 3.46. The summed E-state index contributed by atoms with van der Waals surface area (Å²) in [6.07, 6.45) is 4.47. The van der Waals surface area contributed by atoms with Crippen LogP contribution < -0.4 is 10.1 Å². The van der Waals surface area contributed by atoms with Gasteiger partial charge in [0.25, 0.3) is 5.91 Å². The maximum absolute atomic E-state index is 12.2. The summed E-state index contributed by atoms with van der Waals surface area (Å²) in [4.78, 5) is 16.3. The van der Waals surface area contributed by atoms with Crippen molar-refractivity contribution >= 4 is 17.5 Å². The zero-order valence-electron chi connectivity index (χ0n) is 12.3. The van der Waals surface area contributed by atoms with E-state index in [1.165, 1.54) is 12.3 Å². The molecule has 2 rings (SSSR count). The first kappa shape index (κ1) is 16.0. The molecule has 0 aromatic carbocycles. The van der Waals surface area contributed by atoms with E-state index < -0.39 is 6.10 Å². The number of hydrogen-bond donors (Lipinski definition) is 2. The Hall–Kier alpha value is -1.33. The van der Waals surface area contributed by atoms with Crippen LogP contribution in [0.2, 0.25) is 5.02 Å². The molecule has 0 spiro atoms. The smallest absolute Gasteiger partial charge is 0.253 e. The van der Waals surface area contributed by atoms with Crippen molar-refractivity contribution in [1.82, 2.24) is 10.3 Å². The molecule has 116 valence electrons. The van der Waals surface area contributed by atoms with E-state index in [9.17, 15) is 9.90 Å². The van der Waals surface area contributed by atoms with Crippen molar-refractivity contribution in [3.05, 3.63) is 22.8 Å². The predicted molar refractivity (Wildman–Crippen MR) is 80.7 cm³/mol. The number of carbonyl (C=O) groups is 1. The van der Waals surface area contributed by atoms with Crippen molar-refractivity contribution in [2.45, 2.75) is 57.8 Å². The minimum Gasteiger partial charge on any atom is -0.474 e. The van der Waals surface area contributed by atoms with E-state index in [-0.39, 0.29) is 18.1 Å². The van der Waals surface area contributed by atoms with Crippen LogP contribution >= 0.6 is 11.6 Å². The van der Waals surface area contributed by atoms with Crippen molar-refractivity contribution in [1.29, 1.82) is 0 Å². The van der Waals surface area contributed by atoms with Gasteiger partial charge < -0.3 is 15.2 Å². The summed E-state index contributed by atoms with van der Waals surface area (Å²) in [5, 5.41) is 13.0. The highest BCUT2D eigenvalue weighted by molar-refractivity contribution is 6.32. The number of nitrogens with one attached hydrogen (secondary N) is 1. The molecule has 0 bridgehead atoms. The van der Waals surface area contributed by atoms with Gasteiger partial charge in [-0.25, -0.2) is 4.98 Å². The van der Waals surface area contributed by atoms with Gasteiger partial charge in [0.2, 0.25) is 5.88 Å². The van der Waals surface area contributed by atoms with Gasteiger partial charge in [0.15, 0.2) is 0 Å². The van der Waals surface area contributed by atoms with Gasteiger partial charge in [-0.3, -0.25) is 4.79 Å². The van der Waals surface area contributed by atoms with Gasteiger partial charge in [-0.2, -0.15) is 0 Å². The number of pyridine rings is 1. The molecule has 2 atom stereocenters. The molecule has 0 radical (unpaired) electrons. The molecule has 5 nitrogen and oxygen atoms in total. The zero-order chi connectivity index (χ0) is 15.4. The number of nitrogens with zero attached hydrogens (tertiary/aromatic N) is 1. The van der Waals surface area contributed by atoms with Gasteiger partial charge in [0.05, 0.1) is 23.8 Å². The first-order valence-electron chi connectivity index (χ1n) is 7.28. The molecule has 1 amide bonds. The fourth-order valence-electron chi connectivity index (χ4n) is 2.39. The Labute approximate surface area is 129 Å². The molecule has 1 fully saturated rings. The van der Waals surface area contributed by atoms with Crippen LogP contribution in [0.3, 0.4) is 0 Å². The SMILES string of the molecule is CC(C)Oc1ncc(C(=O)NC2CCCCC2O)cc1Cl. The van der Waals surface area contributed by atoms with Gasteiger partial charge in [-0.15, -0.1) is 0 Å². The summed E-state index contributed by atoms with van der Waals surface area (Å²) in [5.41, 5.74) is 0.369. The van der Waals surface area contributed by atoms with E-state index in [2.05, 4.69) is 10.3 Å². The van der Waals surface area contributed by atoms with Crippen LogP contribution in [0.15, 0.2) is 12.3 Å². The number of carbonyl (C=O) groups excluding carboxylic acids is 1. The quantitative estimate of drug-likeness (QED) is 0.896. The van der Waals surface area contributed by atoms with Gasteiger partial charge in [0, 0.05) is 6.20 Å². The lowest BCUT2D eigenvalue weighted by Crippen LogP contribution is -2.45. The fraction of sp³-hybridized carbons (Fsp3) is 0.600. The maximum atomic E-state index is 12.2. The molecule has 0 saturated heterocycles. The predicted octanol–water partition coefficient (Wildman–Crippen LogP) is 2.56. The molecule has 1 aliphatic carbocycles. The number of rotatable bonds is 4. The molecule has 6 heteroatoms. The highest BCUT2D eigenvalue weighted by Gasteiger charge is 2.25. The van der Waals surface area contributed by atoms with Gasteiger partial charge in [-0.05, 0) is 32.8 Å². The number of aliphatic hydroxyl groups is 1. The molecule has 1 aliphatic rings. The highest BCUT2D eigenvalue weighted by Crippen LogP contribution is 2.24. The molecule has 1 heterocycles. The second-order valence-corrected chi connectivity index (χ2v) is 6.02. The molecule has 0 aliphatic heterocycles. The minimum atomic E-state index is -0.477. The Morgan fingerprint density at radius 2 is 2.19 bits per heavy atom. The summed E-state index contributed by atoms with van der Waals surface area (Å²) in [6.45, 7) is 3.76. The fourth-order valence-corrected chi connectivity index (χ4v) is 2.60. The standard InChI is InChI=1S/C15H21ClN2O3/c1-9(2)21-15-11(16)7-10(8-17-15)14(20)18-12-5-3-4-6-13(12)19/h7-9,12-13,19H,3-6H2,1-2H3,(H,18,20). The third-order valence-corrected chi connectivity index (χ3v) is 3.73. The van der Waals surface area contributed by atoms with Crippen LogP contribution in [0, 0.1) is 0 Å². The van der Waals surface area contributed by atoms with E-state index >= 15 is 0 Å². The number of aromatic nitrogens is 1. The van der Waals surface area contributed by atoms with Crippen LogP contribution in [-0.2, 0) is 0 Å². The lowest BCUT2D eigenvalue weighted by Gasteiger charge is -2.28. The number of aliphatic hydroxyl groups excluding tert-OH is 1. The molecular weight excluding hydrogens is 292 g/mol. The van der Waals surface area contributed by atoms with Gasteiger partial charge >= 0.3 is 0 Å². The van der Waals surface area contributed by atoms with Crippen LogP contribution in [-0.4, -0.2) is 34.2 Å². The van der Waals surface area contributed by atoms with Crippen molar-refractivity contribution in [2.24, 2.45) is 0 Å². The molecule has 2 N–H and O–H groups in total. The number of ether oxygens (including phenoxy) is 1. The summed E-state index contributed by atoms with van der Waals surface area (Å²) in [5.74, 6) is 0.0485. The zero-order valence-corrected chi connectivity index (χ0v) is 13.1. The second kappa shape index (κ2) is 7.09. The normalized spacial score (nSPS) is 22.1. The molecule has 21 heavy (non-hydrogen) atoms. The van der Waals surface area contributed by atoms with E-state index in [4.69, 9.17) is 16.3 Å². The lowest BCUT2D eigenvalue weighted by atomic mass is 9.92. The Morgan fingerprint density at radius 1 is 1.48 bits per heavy atom. The van der Waals surface area contributed by atoms with Crippen molar-refractivity contribution in [3.8, 4) is 5.88 Å². The average Bonchev–Trinajstić information content (AvgIpc) is 2.43. The van der Waals surface area contributed by atoms with Crippen LogP contribution in [0.1, 0.15) is 49.9 Å². The van der Waals surface area contributed by atoms with Crippen molar-refractivity contribution < 1.29 is 14.6 Å². The second-order valence-electron chi connectivity index (χ2n) is 5.61. The Bertz CT molecular complexity index is 508. The average molecular weight is 313 g/mol. The van der Waals surface area contributed by atoms with Crippen LogP contribution in [0.25, 0.3) is 0 Å². The Morgan fingerprint density at radius 3 is 2.81 bits per heavy atom. The maximum Gasteiger partial charge on any atom is 0.253 e. The van der Waals surface area contributed by atoms with E-state index in [1.54, 1.807) is 0 Å². The number of hydrogen-bond acceptors (Lipinski definition) is 4. The van der Waals surface area contributed by atoms with Gasteiger partial charge in [0.1, 0.15) is 5.02 Å².